The van der Waals surface area contributed by atoms with E-state index in [0.29, 0.717) is 14.9 Å². The highest BCUT2D eigenvalue weighted by Gasteiger charge is 2.34. The minimum Gasteiger partial charge on any atom is -0.481 e. The van der Waals surface area contributed by atoms with Gasteiger partial charge in [0.2, 0.25) is 5.76 Å². The van der Waals surface area contributed by atoms with E-state index in [4.69, 9.17) is 13.9 Å². The molecule has 0 bridgehead atoms. The number of nitrogens with one attached hydrogen (secondary N) is 1. The van der Waals surface area contributed by atoms with Crippen molar-refractivity contribution in [3.05, 3.63) is 56.7 Å². The lowest BCUT2D eigenvalue weighted by Crippen LogP contribution is -2.30. The van der Waals surface area contributed by atoms with Gasteiger partial charge in [0.1, 0.15) is 17.2 Å². The number of urea groups is 1. The van der Waals surface area contributed by atoms with E-state index < -0.39 is 23.9 Å². The van der Waals surface area contributed by atoms with Crippen molar-refractivity contribution >= 4 is 52.5 Å². The summed E-state index contributed by atoms with van der Waals surface area (Å²) in [4.78, 5) is 49.1. The summed E-state index contributed by atoms with van der Waals surface area (Å²) in [7, 11) is 1.22. The highest BCUT2D eigenvalue weighted by Crippen LogP contribution is 2.25. The maximum Gasteiger partial charge on any atom is 0.373 e. The van der Waals surface area contributed by atoms with Crippen LogP contribution < -0.4 is 10.1 Å². The molecule has 11 heteroatoms. The molecule has 174 valence electrons. The summed E-state index contributed by atoms with van der Waals surface area (Å²) in [6, 6.07) is 7.38. The summed E-state index contributed by atoms with van der Waals surface area (Å²) in [5, 5.41) is 2.53. The zero-order valence-electron chi connectivity index (χ0n) is 18.0. The molecule has 2 heterocycles. The molecule has 0 aliphatic carbocycles. The monoisotopic (exact) mass is 568 g/mol. The third kappa shape index (κ3) is 6.12. The number of carbonyl (C=O) groups is 4. The molecule has 0 spiro atoms. The van der Waals surface area contributed by atoms with Gasteiger partial charge in [-0.2, -0.15) is 0 Å². The van der Waals surface area contributed by atoms with Gasteiger partial charge in [-0.25, -0.2) is 14.4 Å². The number of esters is 2. The van der Waals surface area contributed by atoms with E-state index in [-0.39, 0.29) is 36.5 Å². The van der Waals surface area contributed by atoms with Gasteiger partial charge in [0, 0.05) is 0 Å². The van der Waals surface area contributed by atoms with Gasteiger partial charge >= 0.3 is 18.0 Å². The number of methoxy groups -OCH3 is 1. The molecule has 1 aromatic heterocycles. The third-order valence-electron chi connectivity index (χ3n) is 4.30. The summed E-state index contributed by atoms with van der Waals surface area (Å²) >= 11 is 2.04. The van der Waals surface area contributed by atoms with Gasteiger partial charge in [0.25, 0.3) is 5.91 Å². The predicted octanol–water partition coefficient (Wildman–Crippen LogP) is 3.09. The first-order valence-electron chi connectivity index (χ1n) is 9.81. The van der Waals surface area contributed by atoms with Crippen molar-refractivity contribution in [2.24, 2.45) is 0 Å². The Morgan fingerprint density at radius 3 is 2.64 bits per heavy atom. The van der Waals surface area contributed by atoms with Crippen molar-refractivity contribution in [3.63, 3.8) is 0 Å². The van der Waals surface area contributed by atoms with Crippen LogP contribution in [-0.4, -0.2) is 48.6 Å². The minimum absolute atomic E-state index is 0.0235. The van der Waals surface area contributed by atoms with Crippen LogP contribution in [0, 0.1) is 3.57 Å². The van der Waals surface area contributed by atoms with E-state index in [2.05, 4.69) is 10.1 Å². The molecule has 10 nitrogen and oxygen atoms in total. The van der Waals surface area contributed by atoms with Gasteiger partial charge in [-0.1, -0.05) is 6.07 Å². The van der Waals surface area contributed by atoms with Crippen LogP contribution in [-0.2, 0) is 25.6 Å². The molecule has 2 aromatic rings. The molecule has 0 radical (unpaired) electrons. The number of hydrogen-bond donors (Lipinski definition) is 1. The number of furan rings is 1. The van der Waals surface area contributed by atoms with E-state index in [1.54, 1.807) is 32.0 Å². The van der Waals surface area contributed by atoms with Crippen molar-refractivity contribution in [1.82, 2.24) is 10.2 Å². The van der Waals surface area contributed by atoms with Gasteiger partial charge in [0.05, 0.1) is 23.3 Å². The summed E-state index contributed by atoms with van der Waals surface area (Å²) in [6.45, 7) is 3.14. The SMILES string of the molecule is COC(=O)c1ccc(CN2C(=O)N/C(=C\c3ccc(OCC(=O)OC(C)C)c(I)c3)C2=O)o1. The van der Waals surface area contributed by atoms with E-state index in [9.17, 15) is 19.2 Å². The molecule has 1 saturated heterocycles. The Kier molecular flexibility index (Phi) is 7.74. The number of amides is 3. The Balaban J connectivity index is 1.67. The maximum absolute atomic E-state index is 12.7. The Bertz CT molecular complexity index is 1120. The van der Waals surface area contributed by atoms with Crippen LogP contribution in [0.5, 0.6) is 5.75 Å². The second-order valence-electron chi connectivity index (χ2n) is 7.15. The third-order valence-corrected chi connectivity index (χ3v) is 5.15. The molecule has 1 N–H and O–H groups in total. The second kappa shape index (κ2) is 10.5. The van der Waals surface area contributed by atoms with Crippen molar-refractivity contribution in [2.75, 3.05) is 13.7 Å². The average molecular weight is 568 g/mol. The lowest BCUT2D eigenvalue weighted by atomic mass is 10.2. The van der Waals surface area contributed by atoms with Gasteiger partial charge in [-0.15, -0.1) is 0 Å². The number of nitrogens with zero attached hydrogens (tertiary/aromatic N) is 1. The topological polar surface area (TPSA) is 124 Å². The normalized spacial score (nSPS) is 14.6. The van der Waals surface area contributed by atoms with Crippen LogP contribution in [0.4, 0.5) is 4.79 Å². The summed E-state index contributed by atoms with van der Waals surface area (Å²) in [6.07, 6.45) is 1.30. The molecule has 33 heavy (non-hydrogen) atoms. The number of ether oxygens (including phenoxy) is 3. The molecule has 0 atom stereocenters. The fourth-order valence-corrected chi connectivity index (χ4v) is 3.56. The van der Waals surface area contributed by atoms with Crippen LogP contribution in [0.2, 0.25) is 0 Å². The Morgan fingerprint density at radius 1 is 1.21 bits per heavy atom. The van der Waals surface area contributed by atoms with Gasteiger partial charge in [0.15, 0.2) is 6.61 Å². The predicted molar refractivity (Wildman–Crippen MR) is 123 cm³/mol. The average Bonchev–Trinajstić information content (AvgIpc) is 3.32. The first kappa shape index (κ1) is 24.3. The Hall–Kier alpha value is -3.35. The smallest absolute Gasteiger partial charge is 0.373 e. The first-order valence-corrected chi connectivity index (χ1v) is 10.9. The van der Waals surface area contributed by atoms with E-state index in [0.717, 1.165) is 4.90 Å². The van der Waals surface area contributed by atoms with Crippen LogP contribution in [0.25, 0.3) is 6.08 Å². The molecular formula is C22H21IN2O8. The fourth-order valence-electron chi connectivity index (χ4n) is 2.87. The molecular weight excluding hydrogens is 547 g/mol. The number of rotatable bonds is 8. The Morgan fingerprint density at radius 2 is 1.97 bits per heavy atom. The van der Waals surface area contributed by atoms with Crippen LogP contribution in [0.15, 0.2) is 40.4 Å². The van der Waals surface area contributed by atoms with E-state index in [1.165, 1.54) is 25.3 Å². The molecule has 3 rings (SSSR count). The van der Waals surface area contributed by atoms with Gasteiger partial charge < -0.3 is 23.9 Å². The highest BCUT2D eigenvalue weighted by atomic mass is 127. The minimum atomic E-state index is -0.655. The zero-order chi connectivity index (χ0) is 24.1. The van der Waals surface area contributed by atoms with E-state index >= 15 is 0 Å². The standard InChI is InChI=1S/C22H21IN2O8/c1-12(2)32-19(26)11-31-17-6-4-13(8-15(17)23)9-16-20(27)25(22(29)24-16)10-14-5-7-18(33-14)21(28)30-3/h4-9,12H,10-11H2,1-3H3,(H,24,29)/b16-9-. The summed E-state index contributed by atoms with van der Waals surface area (Å²) < 4.78 is 21.1. The van der Waals surface area contributed by atoms with Gasteiger partial charge in [-0.3, -0.25) is 9.69 Å². The fraction of sp³-hybridized carbons (Fsp3) is 0.273. The highest BCUT2D eigenvalue weighted by molar-refractivity contribution is 14.1. The zero-order valence-corrected chi connectivity index (χ0v) is 20.2. The largest absolute Gasteiger partial charge is 0.481 e. The van der Waals surface area contributed by atoms with Crippen molar-refractivity contribution in [1.29, 1.82) is 0 Å². The molecule has 1 aliphatic heterocycles. The summed E-state index contributed by atoms with van der Waals surface area (Å²) in [5.74, 6) is -0.944. The number of benzene rings is 1. The maximum atomic E-state index is 12.7. The number of halogens is 1. The molecule has 1 aromatic carbocycles. The second-order valence-corrected chi connectivity index (χ2v) is 8.32. The first-order chi connectivity index (χ1) is 15.7. The lowest BCUT2D eigenvalue weighted by molar-refractivity contribution is -0.149. The number of hydrogen-bond acceptors (Lipinski definition) is 8. The van der Waals surface area contributed by atoms with Crippen molar-refractivity contribution < 1.29 is 37.8 Å². The number of imide groups is 1. The van der Waals surface area contributed by atoms with Crippen LogP contribution >= 0.6 is 22.6 Å². The lowest BCUT2D eigenvalue weighted by Gasteiger charge is -2.11. The van der Waals surface area contributed by atoms with E-state index in [1.807, 2.05) is 22.6 Å². The molecule has 1 aliphatic rings. The van der Waals surface area contributed by atoms with Gasteiger partial charge in [-0.05, 0) is 72.3 Å². The Labute approximate surface area is 203 Å². The molecule has 0 saturated carbocycles. The molecule has 1 fully saturated rings. The van der Waals surface area contributed by atoms with Crippen LogP contribution in [0.1, 0.15) is 35.7 Å². The van der Waals surface area contributed by atoms with Crippen LogP contribution in [0.3, 0.4) is 0 Å². The quantitative estimate of drug-likeness (QED) is 0.223. The van der Waals surface area contributed by atoms with Crippen molar-refractivity contribution in [2.45, 2.75) is 26.5 Å². The summed E-state index contributed by atoms with van der Waals surface area (Å²) in [5.41, 5.74) is 0.734. The number of carbonyl (C=O) groups excluding carboxylic acids is 4. The molecule has 3 amide bonds. The molecule has 0 unspecified atom stereocenters. The van der Waals surface area contributed by atoms with Crippen molar-refractivity contribution in [3.8, 4) is 5.75 Å².